The summed E-state index contributed by atoms with van der Waals surface area (Å²) in [5.74, 6) is 0.0271. The topological polar surface area (TPSA) is 61.2 Å². The van der Waals surface area contributed by atoms with Gasteiger partial charge < -0.3 is 14.7 Å². The van der Waals surface area contributed by atoms with E-state index in [1.807, 2.05) is 42.5 Å². The number of aromatic nitrogens is 1. The summed E-state index contributed by atoms with van der Waals surface area (Å²) >= 11 is 0. The van der Waals surface area contributed by atoms with Crippen molar-refractivity contribution in [3.8, 4) is 11.3 Å². The highest BCUT2D eigenvalue weighted by Gasteiger charge is 2.17. The lowest BCUT2D eigenvalue weighted by Crippen LogP contribution is -2.11. The first kappa shape index (κ1) is 17.3. The predicted octanol–water partition coefficient (Wildman–Crippen LogP) is 5.34. The molecule has 0 saturated heterocycles. The third-order valence-electron chi connectivity index (χ3n) is 5.22. The standard InChI is InChI=1S/C24H17FN2O2/c25-17-9-6-15(7-10-17)14-27-20-4-1-3-19(24(26)28)23(20)18-11-8-16(13-21(18)27)22-5-2-12-29-22/h1-13H,14H2,(H2,26,28). The minimum absolute atomic E-state index is 0.271. The van der Waals surface area contributed by atoms with Crippen LogP contribution in [0, 0.1) is 5.82 Å². The Balaban J connectivity index is 1.81. The first-order valence-electron chi connectivity index (χ1n) is 9.25. The number of nitrogens with zero attached hydrogens (tertiary/aromatic N) is 1. The van der Waals surface area contributed by atoms with Crippen LogP contribution in [0.5, 0.6) is 0 Å². The van der Waals surface area contributed by atoms with E-state index in [0.29, 0.717) is 12.1 Å². The van der Waals surface area contributed by atoms with E-state index < -0.39 is 5.91 Å². The molecule has 1 amide bonds. The number of furan rings is 1. The van der Waals surface area contributed by atoms with E-state index in [9.17, 15) is 9.18 Å². The molecule has 0 saturated carbocycles. The van der Waals surface area contributed by atoms with E-state index in [1.165, 1.54) is 12.1 Å². The Kier molecular flexibility index (Phi) is 3.95. The van der Waals surface area contributed by atoms with Gasteiger partial charge in [0.2, 0.25) is 5.91 Å². The molecule has 0 fully saturated rings. The van der Waals surface area contributed by atoms with Gasteiger partial charge in [-0.05, 0) is 48.0 Å². The summed E-state index contributed by atoms with van der Waals surface area (Å²) in [5, 5.41) is 1.76. The normalized spacial score (nSPS) is 11.3. The molecular weight excluding hydrogens is 367 g/mol. The Morgan fingerprint density at radius 3 is 2.52 bits per heavy atom. The number of rotatable bonds is 4. The average molecular weight is 384 g/mol. The molecule has 4 nitrogen and oxygen atoms in total. The zero-order valence-electron chi connectivity index (χ0n) is 15.4. The van der Waals surface area contributed by atoms with Crippen molar-refractivity contribution in [3.05, 3.63) is 96.0 Å². The molecule has 29 heavy (non-hydrogen) atoms. The fraction of sp³-hybridized carbons (Fsp3) is 0.0417. The first-order chi connectivity index (χ1) is 14.1. The molecule has 0 atom stereocenters. The van der Waals surface area contributed by atoms with Gasteiger partial charge in [0.25, 0.3) is 0 Å². The van der Waals surface area contributed by atoms with E-state index in [1.54, 1.807) is 24.5 Å². The van der Waals surface area contributed by atoms with Gasteiger partial charge in [0.1, 0.15) is 11.6 Å². The van der Waals surface area contributed by atoms with E-state index in [2.05, 4.69) is 4.57 Å². The van der Waals surface area contributed by atoms with Crippen molar-refractivity contribution in [2.24, 2.45) is 5.73 Å². The van der Waals surface area contributed by atoms with Gasteiger partial charge >= 0.3 is 0 Å². The highest BCUT2D eigenvalue weighted by molar-refractivity contribution is 6.18. The minimum atomic E-state index is -0.466. The van der Waals surface area contributed by atoms with Gasteiger partial charge in [-0.2, -0.15) is 0 Å². The molecule has 3 aromatic carbocycles. The summed E-state index contributed by atoms with van der Waals surface area (Å²) in [7, 11) is 0. The summed E-state index contributed by atoms with van der Waals surface area (Å²) in [6, 6.07) is 21.7. The molecule has 0 aliphatic carbocycles. The van der Waals surface area contributed by atoms with Gasteiger partial charge in [0.15, 0.2) is 0 Å². The summed E-state index contributed by atoms with van der Waals surface area (Å²) < 4.78 is 21.0. The average Bonchev–Trinajstić information content (AvgIpc) is 3.36. The predicted molar refractivity (Wildman–Crippen MR) is 111 cm³/mol. The van der Waals surface area contributed by atoms with Gasteiger partial charge in [-0.25, -0.2) is 4.39 Å². The molecule has 2 aromatic heterocycles. The van der Waals surface area contributed by atoms with Crippen LogP contribution in [0.4, 0.5) is 4.39 Å². The second kappa shape index (κ2) is 6.63. The van der Waals surface area contributed by atoms with Crippen LogP contribution in [0.25, 0.3) is 33.1 Å². The molecule has 0 bridgehead atoms. The van der Waals surface area contributed by atoms with Gasteiger partial charge in [-0.15, -0.1) is 0 Å². The van der Waals surface area contributed by atoms with Crippen molar-refractivity contribution in [1.82, 2.24) is 4.57 Å². The Labute approximate surface area is 166 Å². The van der Waals surface area contributed by atoms with E-state index in [4.69, 9.17) is 10.2 Å². The molecule has 2 N–H and O–H groups in total. The molecule has 0 aliphatic rings. The maximum atomic E-state index is 13.4. The van der Waals surface area contributed by atoms with E-state index in [-0.39, 0.29) is 5.82 Å². The Hall–Kier alpha value is -3.86. The SMILES string of the molecule is NC(=O)c1cccc2c1c1ccc(-c3ccco3)cc1n2Cc1ccc(F)cc1. The molecule has 2 heterocycles. The number of nitrogens with two attached hydrogens (primary N) is 1. The zero-order valence-corrected chi connectivity index (χ0v) is 15.4. The summed E-state index contributed by atoms with van der Waals surface area (Å²) in [5.41, 5.74) is 9.88. The maximum absolute atomic E-state index is 13.4. The zero-order chi connectivity index (χ0) is 20.0. The summed E-state index contributed by atoms with van der Waals surface area (Å²) in [6.07, 6.45) is 1.64. The first-order valence-corrected chi connectivity index (χ1v) is 9.25. The molecule has 5 heteroatoms. The van der Waals surface area contributed by atoms with E-state index >= 15 is 0 Å². The smallest absolute Gasteiger partial charge is 0.249 e. The van der Waals surface area contributed by atoms with Crippen LogP contribution in [0.1, 0.15) is 15.9 Å². The number of carbonyl (C=O) groups is 1. The van der Waals surface area contributed by atoms with Gasteiger partial charge in [-0.1, -0.05) is 30.3 Å². The van der Waals surface area contributed by atoms with Crippen molar-refractivity contribution in [1.29, 1.82) is 0 Å². The molecule has 0 aliphatic heterocycles. The largest absolute Gasteiger partial charge is 0.464 e. The second-order valence-electron chi connectivity index (χ2n) is 6.99. The fourth-order valence-electron chi connectivity index (χ4n) is 3.89. The molecule has 0 spiro atoms. The van der Waals surface area contributed by atoms with Crippen LogP contribution < -0.4 is 5.73 Å². The highest BCUT2D eigenvalue weighted by atomic mass is 19.1. The second-order valence-corrected chi connectivity index (χ2v) is 6.99. The molecule has 0 unspecified atom stereocenters. The summed E-state index contributed by atoms with van der Waals surface area (Å²) in [6.45, 7) is 0.532. The van der Waals surface area contributed by atoms with Crippen LogP contribution in [0.15, 0.2) is 83.5 Å². The Morgan fingerprint density at radius 1 is 0.966 bits per heavy atom. The van der Waals surface area contributed by atoms with E-state index in [0.717, 1.165) is 38.7 Å². The third-order valence-corrected chi connectivity index (χ3v) is 5.22. The van der Waals surface area contributed by atoms with Crippen molar-refractivity contribution in [3.63, 3.8) is 0 Å². The van der Waals surface area contributed by atoms with Crippen LogP contribution in [0.2, 0.25) is 0 Å². The monoisotopic (exact) mass is 384 g/mol. The van der Waals surface area contributed by atoms with Crippen molar-refractivity contribution in [2.75, 3.05) is 0 Å². The van der Waals surface area contributed by atoms with Crippen molar-refractivity contribution < 1.29 is 13.6 Å². The lowest BCUT2D eigenvalue weighted by atomic mass is 10.0. The summed E-state index contributed by atoms with van der Waals surface area (Å²) in [4.78, 5) is 12.1. The van der Waals surface area contributed by atoms with Crippen molar-refractivity contribution in [2.45, 2.75) is 6.54 Å². The quantitative estimate of drug-likeness (QED) is 0.455. The van der Waals surface area contributed by atoms with Crippen molar-refractivity contribution >= 4 is 27.7 Å². The number of hydrogen-bond donors (Lipinski definition) is 1. The van der Waals surface area contributed by atoms with Gasteiger partial charge in [0.05, 0.1) is 17.3 Å². The fourth-order valence-corrected chi connectivity index (χ4v) is 3.89. The molecule has 0 radical (unpaired) electrons. The van der Waals surface area contributed by atoms with Crippen LogP contribution in [-0.2, 0) is 6.54 Å². The van der Waals surface area contributed by atoms with Crippen LogP contribution in [-0.4, -0.2) is 10.5 Å². The number of amides is 1. The van der Waals surface area contributed by atoms with Gasteiger partial charge in [0, 0.05) is 28.4 Å². The lowest BCUT2D eigenvalue weighted by molar-refractivity contribution is 0.100. The highest BCUT2D eigenvalue weighted by Crippen LogP contribution is 2.35. The number of benzene rings is 3. The molecular formula is C24H17FN2O2. The van der Waals surface area contributed by atoms with Crippen LogP contribution >= 0.6 is 0 Å². The maximum Gasteiger partial charge on any atom is 0.249 e. The number of hydrogen-bond acceptors (Lipinski definition) is 2. The number of halogens is 1. The number of primary amides is 1. The van der Waals surface area contributed by atoms with Gasteiger partial charge in [-0.3, -0.25) is 4.79 Å². The number of carbonyl (C=O) groups excluding carboxylic acids is 1. The molecule has 142 valence electrons. The molecule has 5 rings (SSSR count). The minimum Gasteiger partial charge on any atom is -0.464 e. The number of fused-ring (bicyclic) bond motifs is 3. The molecule has 5 aromatic rings. The van der Waals surface area contributed by atoms with Crippen LogP contribution in [0.3, 0.4) is 0 Å². The Morgan fingerprint density at radius 2 is 1.79 bits per heavy atom. The third kappa shape index (κ3) is 2.88. The Bertz CT molecular complexity index is 1350. The lowest BCUT2D eigenvalue weighted by Gasteiger charge is -2.09.